The van der Waals surface area contributed by atoms with Crippen LogP contribution in [0.1, 0.15) is 31.9 Å². The Morgan fingerprint density at radius 1 is 1.53 bits per heavy atom. The van der Waals surface area contributed by atoms with Crippen LogP contribution in [0.15, 0.2) is 18.3 Å². The molecule has 0 aromatic carbocycles. The van der Waals surface area contributed by atoms with Crippen LogP contribution in [0.3, 0.4) is 0 Å². The lowest BCUT2D eigenvalue weighted by atomic mass is 9.94. The van der Waals surface area contributed by atoms with Gasteiger partial charge in [0.05, 0.1) is 5.69 Å². The molecule has 0 unspecified atom stereocenters. The quantitative estimate of drug-likeness (QED) is 0.618. The number of nitrogens with zero attached hydrogens (tertiary/aromatic N) is 2. The molecule has 1 aromatic rings. The molecule has 1 fully saturated rings. The Morgan fingerprint density at radius 3 is 2.82 bits per heavy atom. The number of nitrogens with two attached hydrogens (primary N) is 1. The minimum Gasteiger partial charge on any atom is -0.382 e. The van der Waals surface area contributed by atoms with Crippen molar-refractivity contribution < 1.29 is 0 Å². The van der Waals surface area contributed by atoms with Crippen LogP contribution < -0.4 is 10.6 Å². The largest absolute Gasteiger partial charge is 0.382 e. The zero-order valence-electron chi connectivity index (χ0n) is 10.3. The minimum absolute atomic E-state index is 0.0539. The molecule has 0 amide bonds. The zero-order valence-corrected chi connectivity index (χ0v) is 10.3. The van der Waals surface area contributed by atoms with Crippen molar-refractivity contribution in [3.63, 3.8) is 0 Å². The van der Waals surface area contributed by atoms with Crippen LogP contribution in [0.25, 0.3) is 0 Å². The van der Waals surface area contributed by atoms with E-state index >= 15 is 0 Å². The summed E-state index contributed by atoms with van der Waals surface area (Å²) in [5, 5.41) is 7.56. The number of pyridine rings is 1. The van der Waals surface area contributed by atoms with Crippen LogP contribution in [-0.2, 0) is 0 Å². The first-order valence-corrected chi connectivity index (χ1v) is 6.26. The summed E-state index contributed by atoms with van der Waals surface area (Å²) in [7, 11) is 0. The first-order valence-electron chi connectivity index (χ1n) is 6.26. The molecule has 1 aromatic heterocycles. The highest BCUT2D eigenvalue weighted by atomic mass is 15.1. The molecule has 92 valence electrons. The molecule has 1 aliphatic rings. The second-order valence-electron chi connectivity index (χ2n) is 4.62. The lowest BCUT2D eigenvalue weighted by Gasteiger charge is -2.33. The molecule has 0 spiro atoms. The summed E-state index contributed by atoms with van der Waals surface area (Å²) in [4.78, 5) is 6.50. The maximum atomic E-state index is 7.56. The van der Waals surface area contributed by atoms with Crippen LogP contribution in [0.2, 0.25) is 0 Å². The second-order valence-corrected chi connectivity index (χ2v) is 4.62. The van der Waals surface area contributed by atoms with Crippen molar-refractivity contribution in [1.82, 2.24) is 4.98 Å². The minimum atomic E-state index is 0.0539. The Kier molecular flexibility index (Phi) is 3.61. The molecule has 0 saturated carbocycles. The highest BCUT2D eigenvalue weighted by molar-refractivity contribution is 5.98. The van der Waals surface area contributed by atoms with Crippen molar-refractivity contribution in [3.05, 3.63) is 24.0 Å². The van der Waals surface area contributed by atoms with E-state index in [9.17, 15) is 0 Å². The Balaban J connectivity index is 2.15. The maximum absolute atomic E-state index is 7.56. The van der Waals surface area contributed by atoms with Gasteiger partial charge in [0, 0.05) is 19.3 Å². The lowest BCUT2D eigenvalue weighted by molar-refractivity contribution is 0.395. The van der Waals surface area contributed by atoms with Crippen LogP contribution >= 0.6 is 0 Å². The maximum Gasteiger partial charge on any atom is 0.143 e. The Labute approximate surface area is 102 Å². The van der Waals surface area contributed by atoms with E-state index in [1.54, 1.807) is 6.20 Å². The van der Waals surface area contributed by atoms with Gasteiger partial charge in [0.2, 0.25) is 0 Å². The van der Waals surface area contributed by atoms with Gasteiger partial charge in [-0.25, -0.2) is 0 Å². The van der Waals surface area contributed by atoms with E-state index in [1.807, 2.05) is 12.1 Å². The smallest absolute Gasteiger partial charge is 0.143 e. The fourth-order valence-corrected chi connectivity index (χ4v) is 2.44. The molecule has 2 rings (SSSR count). The van der Waals surface area contributed by atoms with Crippen molar-refractivity contribution in [3.8, 4) is 0 Å². The summed E-state index contributed by atoms with van der Waals surface area (Å²) >= 11 is 0. The van der Waals surface area contributed by atoms with Gasteiger partial charge in [-0.15, -0.1) is 0 Å². The first-order chi connectivity index (χ1) is 8.22. The van der Waals surface area contributed by atoms with Crippen LogP contribution in [0.5, 0.6) is 0 Å². The molecule has 2 heterocycles. The highest BCUT2D eigenvalue weighted by Gasteiger charge is 2.20. The zero-order chi connectivity index (χ0) is 12.3. The Bertz CT molecular complexity index is 394. The summed E-state index contributed by atoms with van der Waals surface area (Å²) < 4.78 is 0. The number of amidine groups is 1. The number of nitrogen functional groups attached to an aromatic ring is 1. The lowest BCUT2D eigenvalue weighted by Crippen LogP contribution is -2.35. The molecule has 1 saturated heterocycles. The SMILES string of the molecule is CCC1CCN(c2cccnc2C(=N)N)CC1. The van der Waals surface area contributed by atoms with Gasteiger partial charge in [0.15, 0.2) is 0 Å². The average molecular weight is 232 g/mol. The molecular weight excluding hydrogens is 212 g/mol. The Hall–Kier alpha value is -1.58. The predicted octanol–water partition coefficient (Wildman–Crippen LogP) is 1.99. The fraction of sp³-hybridized carbons (Fsp3) is 0.538. The number of rotatable bonds is 3. The van der Waals surface area contributed by atoms with Crippen LogP contribution in [0, 0.1) is 11.3 Å². The number of hydrogen-bond acceptors (Lipinski definition) is 3. The van der Waals surface area contributed by atoms with Crippen LogP contribution in [0.4, 0.5) is 5.69 Å². The molecule has 0 bridgehead atoms. The monoisotopic (exact) mass is 232 g/mol. The number of hydrogen-bond donors (Lipinski definition) is 2. The van der Waals surface area contributed by atoms with Crippen molar-refractivity contribution in [2.45, 2.75) is 26.2 Å². The molecule has 1 aliphatic heterocycles. The highest BCUT2D eigenvalue weighted by Crippen LogP contribution is 2.26. The fourth-order valence-electron chi connectivity index (χ4n) is 2.44. The topological polar surface area (TPSA) is 66.0 Å². The van der Waals surface area contributed by atoms with Crippen LogP contribution in [-0.4, -0.2) is 23.9 Å². The molecule has 0 radical (unpaired) electrons. The summed E-state index contributed by atoms with van der Waals surface area (Å²) in [6.45, 7) is 4.35. The van der Waals surface area contributed by atoms with Crippen molar-refractivity contribution >= 4 is 11.5 Å². The normalized spacial score (nSPS) is 17.1. The molecule has 0 atom stereocenters. The standard InChI is InChI=1S/C13H20N4/c1-2-10-5-8-17(9-6-10)11-4-3-7-16-12(11)13(14)15/h3-4,7,10H,2,5-6,8-9H2,1H3,(H3,14,15). The molecule has 4 nitrogen and oxygen atoms in total. The van der Waals surface area contributed by atoms with E-state index in [0.717, 1.165) is 24.7 Å². The van der Waals surface area contributed by atoms with Gasteiger partial charge in [-0.05, 0) is 30.9 Å². The summed E-state index contributed by atoms with van der Waals surface area (Å²) in [6, 6.07) is 3.92. The van der Waals surface area contributed by atoms with E-state index in [-0.39, 0.29) is 5.84 Å². The summed E-state index contributed by atoms with van der Waals surface area (Å²) in [5.41, 5.74) is 7.19. The van der Waals surface area contributed by atoms with Gasteiger partial charge < -0.3 is 10.6 Å². The van der Waals surface area contributed by atoms with Crippen molar-refractivity contribution in [2.75, 3.05) is 18.0 Å². The second kappa shape index (κ2) is 5.17. The molecule has 17 heavy (non-hydrogen) atoms. The van der Waals surface area contributed by atoms with Gasteiger partial charge in [0.25, 0.3) is 0 Å². The summed E-state index contributed by atoms with van der Waals surface area (Å²) in [5.74, 6) is 0.905. The first kappa shape index (κ1) is 11.9. The average Bonchev–Trinajstić information content (AvgIpc) is 2.39. The molecule has 4 heteroatoms. The third kappa shape index (κ3) is 2.57. The molecular formula is C13H20N4. The van der Waals surface area contributed by atoms with Gasteiger partial charge >= 0.3 is 0 Å². The van der Waals surface area contributed by atoms with Gasteiger partial charge in [-0.2, -0.15) is 0 Å². The van der Waals surface area contributed by atoms with E-state index in [0.29, 0.717) is 5.69 Å². The Morgan fingerprint density at radius 2 is 2.24 bits per heavy atom. The number of nitrogens with one attached hydrogen (secondary N) is 1. The third-order valence-corrected chi connectivity index (χ3v) is 3.57. The van der Waals surface area contributed by atoms with Gasteiger partial charge in [-0.3, -0.25) is 10.4 Å². The van der Waals surface area contributed by atoms with E-state index in [1.165, 1.54) is 19.3 Å². The molecule has 0 aliphatic carbocycles. The number of piperidine rings is 1. The third-order valence-electron chi connectivity index (χ3n) is 3.57. The number of anilines is 1. The van der Waals surface area contributed by atoms with E-state index in [4.69, 9.17) is 11.1 Å². The molecule has 3 N–H and O–H groups in total. The summed E-state index contributed by atoms with van der Waals surface area (Å²) in [6.07, 6.45) is 5.41. The van der Waals surface area contributed by atoms with Crippen molar-refractivity contribution in [1.29, 1.82) is 5.41 Å². The van der Waals surface area contributed by atoms with Gasteiger partial charge in [0.1, 0.15) is 11.5 Å². The van der Waals surface area contributed by atoms with E-state index < -0.39 is 0 Å². The predicted molar refractivity (Wildman–Crippen MR) is 70.5 cm³/mol. The van der Waals surface area contributed by atoms with Crippen molar-refractivity contribution in [2.24, 2.45) is 11.7 Å². The van der Waals surface area contributed by atoms with Gasteiger partial charge in [-0.1, -0.05) is 13.3 Å². The number of aromatic nitrogens is 1. The van der Waals surface area contributed by atoms with E-state index in [2.05, 4.69) is 16.8 Å².